The summed E-state index contributed by atoms with van der Waals surface area (Å²) in [6, 6.07) is 1.59. The van der Waals surface area contributed by atoms with Gasteiger partial charge in [0.15, 0.2) is 5.69 Å². The highest BCUT2D eigenvalue weighted by atomic mass is 32.1. The Balaban J connectivity index is 1.28. The Hall–Kier alpha value is -2.75. The van der Waals surface area contributed by atoms with Crippen LogP contribution in [0.25, 0.3) is 0 Å². The van der Waals surface area contributed by atoms with Crippen LogP contribution in [0.2, 0.25) is 0 Å². The van der Waals surface area contributed by atoms with E-state index in [0.717, 1.165) is 23.5 Å². The number of amides is 3. The van der Waals surface area contributed by atoms with Crippen molar-refractivity contribution in [2.45, 2.75) is 53.4 Å². The van der Waals surface area contributed by atoms with Crippen LogP contribution in [0.1, 0.15) is 78.1 Å². The molecule has 10 heteroatoms. The van der Waals surface area contributed by atoms with Crippen LogP contribution in [0.3, 0.4) is 0 Å². The number of nitrogens with zero attached hydrogens (tertiary/aromatic N) is 3. The van der Waals surface area contributed by atoms with Crippen molar-refractivity contribution in [2.24, 2.45) is 16.7 Å². The summed E-state index contributed by atoms with van der Waals surface area (Å²) in [4.78, 5) is 43.8. The summed E-state index contributed by atoms with van der Waals surface area (Å²) in [5.41, 5.74) is 6.03. The molecule has 0 atom stereocenters. The quantitative estimate of drug-likeness (QED) is 0.609. The van der Waals surface area contributed by atoms with Gasteiger partial charge in [-0.15, -0.1) is 11.3 Å². The molecule has 2 fully saturated rings. The molecule has 9 nitrogen and oxygen atoms in total. The second-order valence-electron chi connectivity index (χ2n) is 9.89. The number of nitrogens with one attached hydrogen (secondary N) is 3. The van der Waals surface area contributed by atoms with Crippen LogP contribution in [0, 0.1) is 23.7 Å². The average molecular weight is 459 g/mol. The second-order valence-corrected chi connectivity index (χ2v) is 10.8. The molecule has 0 spiro atoms. The molecular formula is C22H30N6O3S. The van der Waals surface area contributed by atoms with Crippen molar-refractivity contribution in [1.82, 2.24) is 30.9 Å². The molecule has 2 aliphatic rings. The van der Waals surface area contributed by atoms with Gasteiger partial charge < -0.3 is 4.90 Å². The summed E-state index contributed by atoms with van der Waals surface area (Å²) >= 11 is 1.44. The SMILES string of the molecule is Cc1cc(C(=O)NNC(=O)c2csc(C3CCN(C(=O)C4C(C)(C)C4(C)C)CC3)n2)n[nH]1. The first-order valence-electron chi connectivity index (χ1n) is 10.9. The van der Waals surface area contributed by atoms with Crippen molar-refractivity contribution >= 4 is 29.1 Å². The van der Waals surface area contributed by atoms with Gasteiger partial charge in [0.2, 0.25) is 5.91 Å². The number of thiazole rings is 1. The smallest absolute Gasteiger partial charge is 0.290 e. The largest absolute Gasteiger partial charge is 0.342 e. The molecule has 1 aliphatic carbocycles. The number of hydrogen-bond acceptors (Lipinski definition) is 6. The Bertz CT molecular complexity index is 1030. The fraction of sp³-hybridized carbons (Fsp3) is 0.591. The van der Waals surface area contributed by atoms with Gasteiger partial charge in [-0.2, -0.15) is 5.10 Å². The molecule has 1 aliphatic heterocycles. The molecule has 0 aromatic carbocycles. The molecule has 2 aromatic rings. The average Bonchev–Trinajstić information content (AvgIpc) is 3.24. The Morgan fingerprint density at radius 2 is 1.66 bits per heavy atom. The van der Waals surface area contributed by atoms with Crippen LogP contribution < -0.4 is 10.9 Å². The van der Waals surface area contributed by atoms with Gasteiger partial charge in [0.25, 0.3) is 11.8 Å². The number of H-pyrrole nitrogens is 1. The lowest BCUT2D eigenvalue weighted by molar-refractivity contribution is -0.134. The summed E-state index contributed by atoms with van der Waals surface area (Å²) < 4.78 is 0. The number of rotatable bonds is 4. The van der Waals surface area contributed by atoms with E-state index in [1.54, 1.807) is 18.4 Å². The van der Waals surface area contributed by atoms with Gasteiger partial charge in [-0.05, 0) is 36.7 Å². The number of carbonyl (C=O) groups is 3. The van der Waals surface area contributed by atoms with Crippen LogP contribution in [-0.2, 0) is 4.79 Å². The molecule has 3 N–H and O–H groups in total. The Morgan fingerprint density at radius 3 is 2.19 bits per heavy atom. The summed E-state index contributed by atoms with van der Waals surface area (Å²) in [6.07, 6.45) is 1.67. The van der Waals surface area contributed by atoms with E-state index in [1.807, 2.05) is 4.90 Å². The van der Waals surface area contributed by atoms with Crippen molar-refractivity contribution in [3.63, 3.8) is 0 Å². The van der Waals surface area contributed by atoms with Gasteiger partial charge in [0.05, 0.1) is 5.01 Å². The summed E-state index contributed by atoms with van der Waals surface area (Å²) in [6.45, 7) is 11.9. The van der Waals surface area contributed by atoms with E-state index in [4.69, 9.17) is 0 Å². The molecule has 2 aromatic heterocycles. The van der Waals surface area contributed by atoms with E-state index in [-0.39, 0.29) is 40.0 Å². The molecule has 32 heavy (non-hydrogen) atoms. The first kappa shape index (κ1) is 22.4. The number of carbonyl (C=O) groups excluding carboxylic acids is 3. The number of aromatic amines is 1. The first-order chi connectivity index (χ1) is 15.0. The minimum Gasteiger partial charge on any atom is -0.342 e. The number of piperidine rings is 1. The molecular weight excluding hydrogens is 428 g/mol. The van der Waals surface area contributed by atoms with Crippen molar-refractivity contribution in [3.8, 4) is 0 Å². The third kappa shape index (κ3) is 3.92. The monoisotopic (exact) mass is 458 g/mol. The summed E-state index contributed by atoms with van der Waals surface area (Å²) in [7, 11) is 0. The van der Waals surface area contributed by atoms with Crippen molar-refractivity contribution in [3.05, 3.63) is 33.5 Å². The third-order valence-corrected chi connectivity index (χ3v) is 8.41. The van der Waals surface area contributed by atoms with Gasteiger partial charge in [-0.1, -0.05) is 27.7 Å². The van der Waals surface area contributed by atoms with Crippen LogP contribution in [0.4, 0.5) is 0 Å². The number of hydrazine groups is 1. The van der Waals surface area contributed by atoms with Crippen LogP contribution >= 0.6 is 11.3 Å². The summed E-state index contributed by atoms with van der Waals surface area (Å²) in [5, 5.41) is 9.12. The van der Waals surface area contributed by atoms with Crippen molar-refractivity contribution < 1.29 is 14.4 Å². The molecule has 4 rings (SSSR count). The maximum absolute atomic E-state index is 13.0. The molecule has 1 saturated carbocycles. The maximum Gasteiger partial charge on any atom is 0.290 e. The number of aromatic nitrogens is 3. The van der Waals surface area contributed by atoms with E-state index in [1.165, 1.54) is 11.3 Å². The Morgan fingerprint density at radius 1 is 1.06 bits per heavy atom. The second kappa shape index (κ2) is 7.99. The normalized spacial score (nSPS) is 20.1. The third-order valence-electron chi connectivity index (χ3n) is 7.41. The number of aryl methyl sites for hydroxylation is 1. The van der Waals surface area contributed by atoms with Gasteiger partial charge in [-0.25, -0.2) is 4.98 Å². The Kier molecular flexibility index (Phi) is 5.60. The lowest BCUT2D eigenvalue weighted by atomic mass is 9.96. The van der Waals surface area contributed by atoms with E-state index in [9.17, 15) is 14.4 Å². The molecule has 0 unspecified atom stereocenters. The van der Waals surface area contributed by atoms with E-state index < -0.39 is 11.8 Å². The highest BCUT2D eigenvalue weighted by molar-refractivity contribution is 7.09. The summed E-state index contributed by atoms with van der Waals surface area (Å²) in [5.74, 6) is -0.397. The predicted molar refractivity (Wildman–Crippen MR) is 120 cm³/mol. The molecule has 0 radical (unpaired) electrons. The predicted octanol–water partition coefficient (Wildman–Crippen LogP) is 2.64. The topological polar surface area (TPSA) is 120 Å². The molecule has 0 bridgehead atoms. The Labute approximate surface area is 191 Å². The highest BCUT2D eigenvalue weighted by Crippen LogP contribution is 2.68. The van der Waals surface area contributed by atoms with Crippen LogP contribution in [-0.4, -0.2) is 50.9 Å². The van der Waals surface area contributed by atoms with Gasteiger partial charge in [-0.3, -0.25) is 30.3 Å². The van der Waals surface area contributed by atoms with E-state index in [0.29, 0.717) is 13.1 Å². The van der Waals surface area contributed by atoms with Gasteiger partial charge >= 0.3 is 0 Å². The van der Waals surface area contributed by atoms with Crippen molar-refractivity contribution in [1.29, 1.82) is 0 Å². The maximum atomic E-state index is 13.0. The zero-order valence-corrected chi connectivity index (χ0v) is 19.9. The van der Waals surface area contributed by atoms with Gasteiger partial charge in [0, 0.05) is 36.0 Å². The van der Waals surface area contributed by atoms with E-state index in [2.05, 4.69) is 53.7 Å². The molecule has 1 saturated heterocycles. The molecule has 172 valence electrons. The van der Waals surface area contributed by atoms with Gasteiger partial charge in [0.1, 0.15) is 5.69 Å². The number of hydrogen-bond donors (Lipinski definition) is 3. The highest BCUT2D eigenvalue weighted by Gasteiger charge is 2.68. The zero-order valence-electron chi connectivity index (χ0n) is 19.1. The molecule has 3 heterocycles. The van der Waals surface area contributed by atoms with Crippen LogP contribution in [0.5, 0.6) is 0 Å². The molecule has 3 amide bonds. The van der Waals surface area contributed by atoms with Crippen molar-refractivity contribution in [2.75, 3.05) is 13.1 Å². The lowest BCUT2D eigenvalue weighted by Gasteiger charge is -2.31. The zero-order chi connectivity index (χ0) is 23.3. The minimum absolute atomic E-state index is 0.0455. The standard InChI is InChI=1S/C22H30N6O3S/c1-12-10-14(25-24-12)17(29)26-27-18(30)15-11-32-19(23-15)13-6-8-28(9-7-13)20(31)16-21(2,3)22(16,4)5/h10-11,13,16H,6-9H2,1-5H3,(H,24,25)(H,26,29)(H,27,30). The number of likely N-dealkylation sites (tertiary alicyclic amines) is 1. The minimum atomic E-state index is -0.503. The fourth-order valence-electron chi connectivity index (χ4n) is 4.70. The van der Waals surface area contributed by atoms with E-state index >= 15 is 0 Å². The first-order valence-corrected chi connectivity index (χ1v) is 11.8. The van der Waals surface area contributed by atoms with Crippen LogP contribution in [0.15, 0.2) is 11.4 Å². The fourth-order valence-corrected chi connectivity index (χ4v) is 5.67. The lowest BCUT2D eigenvalue weighted by Crippen LogP contribution is -2.42.